The minimum atomic E-state index is -1.37. The van der Waals surface area contributed by atoms with Crippen molar-refractivity contribution in [2.24, 2.45) is 0 Å². The summed E-state index contributed by atoms with van der Waals surface area (Å²) >= 11 is 0. The van der Waals surface area contributed by atoms with Crippen molar-refractivity contribution < 1.29 is 19.0 Å². The monoisotopic (exact) mass is 254 g/mol. The lowest BCUT2D eigenvalue weighted by Crippen LogP contribution is -2.38. The molecule has 0 spiro atoms. The molecule has 0 bridgehead atoms. The Balaban J connectivity index is 2.95. The number of carbonyl (C=O) groups excluding carboxylic acids is 1. The van der Waals surface area contributed by atoms with E-state index in [1.807, 2.05) is 0 Å². The lowest BCUT2D eigenvalue weighted by atomic mass is 9.88. The summed E-state index contributed by atoms with van der Waals surface area (Å²) in [6, 6.07) is 4.65. The average molecular weight is 254 g/mol. The van der Waals surface area contributed by atoms with E-state index in [2.05, 4.69) is 0 Å². The van der Waals surface area contributed by atoms with Crippen molar-refractivity contribution in [1.82, 2.24) is 0 Å². The van der Waals surface area contributed by atoms with Gasteiger partial charge in [-0.05, 0) is 24.5 Å². The summed E-state index contributed by atoms with van der Waals surface area (Å²) < 4.78 is 18.7. The lowest BCUT2D eigenvalue weighted by molar-refractivity contribution is -0.137. The van der Waals surface area contributed by atoms with Crippen LogP contribution in [0.4, 0.5) is 4.39 Å². The van der Waals surface area contributed by atoms with Crippen LogP contribution < -0.4 is 4.74 Å². The molecule has 1 rings (SSSR count). The number of hydrogen-bond donors (Lipinski definition) is 1. The second-order valence-corrected chi connectivity index (χ2v) is 4.27. The first-order valence-electron chi connectivity index (χ1n) is 6.05. The first-order valence-corrected chi connectivity index (χ1v) is 6.05. The molecular formula is C14H19FO3. The molecule has 18 heavy (non-hydrogen) atoms. The number of hydrogen-bond acceptors (Lipinski definition) is 3. The average Bonchev–Trinajstić information content (AvgIpc) is 2.40. The Labute approximate surface area is 107 Å². The summed E-state index contributed by atoms with van der Waals surface area (Å²) in [6.07, 6.45) is 0.531. The summed E-state index contributed by atoms with van der Waals surface area (Å²) in [5.74, 6) is -0.792. The topological polar surface area (TPSA) is 46.5 Å². The molecular weight excluding hydrogens is 235 g/mol. The lowest BCUT2D eigenvalue weighted by Gasteiger charge is -2.23. The molecule has 0 saturated heterocycles. The molecule has 0 saturated carbocycles. The largest absolute Gasteiger partial charge is 0.494 e. The number of benzene rings is 1. The van der Waals surface area contributed by atoms with Gasteiger partial charge in [0.1, 0.15) is 5.60 Å². The standard InChI is InChI=1S/C14H19FO3/c1-4-14(17,5-2)12(16)9-10-7-6-8-11(18-3)13(10)15/h6-8,17H,4-5,9H2,1-3H3. The van der Waals surface area contributed by atoms with Crippen molar-refractivity contribution in [2.45, 2.75) is 38.7 Å². The van der Waals surface area contributed by atoms with Gasteiger partial charge in [-0.2, -0.15) is 0 Å². The molecule has 1 aromatic rings. The van der Waals surface area contributed by atoms with Crippen LogP contribution in [0.25, 0.3) is 0 Å². The van der Waals surface area contributed by atoms with Crippen LogP contribution in [0.3, 0.4) is 0 Å². The second kappa shape index (κ2) is 5.96. The zero-order valence-corrected chi connectivity index (χ0v) is 11.0. The van der Waals surface area contributed by atoms with Gasteiger partial charge >= 0.3 is 0 Å². The number of halogens is 1. The molecule has 1 N–H and O–H groups in total. The maximum atomic E-state index is 13.9. The number of rotatable bonds is 6. The molecule has 0 aliphatic rings. The van der Waals surface area contributed by atoms with Crippen LogP contribution in [0.2, 0.25) is 0 Å². The predicted molar refractivity (Wildman–Crippen MR) is 67.2 cm³/mol. The van der Waals surface area contributed by atoms with Gasteiger partial charge in [-0.1, -0.05) is 26.0 Å². The van der Waals surface area contributed by atoms with Gasteiger partial charge in [0.25, 0.3) is 0 Å². The van der Waals surface area contributed by atoms with Crippen molar-refractivity contribution in [1.29, 1.82) is 0 Å². The minimum Gasteiger partial charge on any atom is -0.494 e. The summed E-state index contributed by atoms with van der Waals surface area (Å²) in [5.41, 5.74) is -1.12. The van der Waals surface area contributed by atoms with Gasteiger partial charge in [-0.25, -0.2) is 4.39 Å². The van der Waals surface area contributed by atoms with E-state index in [0.717, 1.165) is 0 Å². The van der Waals surface area contributed by atoms with Crippen LogP contribution in [0, 0.1) is 5.82 Å². The van der Waals surface area contributed by atoms with E-state index in [0.29, 0.717) is 12.8 Å². The van der Waals surface area contributed by atoms with Crippen LogP contribution in [0.15, 0.2) is 18.2 Å². The van der Waals surface area contributed by atoms with E-state index in [4.69, 9.17) is 4.74 Å². The molecule has 0 atom stereocenters. The number of aliphatic hydroxyl groups is 1. The Morgan fingerprint density at radius 3 is 2.50 bits per heavy atom. The Hall–Kier alpha value is -1.42. The summed E-state index contributed by atoms with van der Waals surface area (Å²) in [6.45, 7) is 3.48. The van der Waals surface area contributed by atoms with E-state index in [9.17, 15) is 14.3 Å². The van der Waals surface area contributed by atoms with Crippen LogP contribution in [0.5, 0.6) is 5.75 Å². The SMILES string of the molecule is CCC(O)(CC)C(=O)Cc1cccc(OC)c1F. The van der Waals surface area contributed by atoms with Gasteiger partial charge in [-0.15, -0.1) is 0 Å². The summed E-state index contributed by atoms with van der Waals surface area (Å²) in [7, 11) is 1.37. The summed E-state index contributed by atoms with van der Waals surface area (Å²) in [5, 5.41) is 10.1. The van der Waals surface area contributed by atoms with Gasteiger partial charge in [0.05, 0.1) is 7.11 Å². The van der Waals surface area contributed by atoms with Crippen LogP contribution in [0.1, 0.15) is 32.3 Å². The smallest absolute Gasteiger partial charge is 0.168 e. The third-order valence-corrected chi connectivity index (χ3v) is 3.30. The number of carbonyl (C=O) groups is 1. The minimum absolute atomic E-state index is 0.108. The third-order valence-electron chi connectivity index (χ3n) is 3.30. The van der Waals surface area contributed by atoms with E-state index in [-0.39, 0.29) is 23.5 Å². The number of ketones is 1. The molecule has 0 unspecified atom stereocenters. The van der Waals surface area contributed by atoms with Gasteiger partial charge in [0, 0.05) is 6.42 Å². The Bertz CT molecular complexity index is 425. The maximum Gasteiger partial charge on any atom is 0.168 e. The van der Waals surface area contributed by atoms with Crippen molar-refractivity contribution in [3.05, 3.63) is 29.6 Å². The molecule has 0 amide bonds. The molecule has 1 aromatic carbocycles. The molecule has 100 valence electrons. The first-order chi connectivity index (χ1) is 8.48. The number of Topliss-reactive ketones (excluding diaryl/α,β-unsaturated/α-hetero) is 1. The highest BCUT2D eigenvalue weighted by Gasteiger charge is 2.32. The quantitative estimate of drug-likeness (QED) is 0.848. The van der Waals surface area contributed by atoms with Crippen molar-refractivity contribution >= 4 is 5.78 Å². The first kappa shape index (κ1) is 14.6. The fourth-order valence-electron chi connectivity index (χ4n) is 1.83. The van der Waals surface area contributed by atoms with Crippen LogP contribution in [-0.2, 0) is 11.2 Å². The van der Waals surface area contributed by atoms with E-state index >= 15 is 0 Å². The second-order valence-electron chi connectivity index (χ2n) is 4.27. The maximum absolute atomic E-state index is 13.9. The Morgan fingerprint density at radius 2 is 2.00 bits per heavy atom. The highest BCUT2D eigenvalue weighted by atomic mass is 19.1. The molecule has 0 aromatic heterocycles. The molecule has 0 aliphatic carbocycles. The summed E-state index contributed by atoms with van der Waals surface area (Å²) in [4.78, 5) is 12.0. The van der Waals surface area contributed by atoms with E-state index in [1.54, 1.807) is 19.9 Å². The van der Waals surface area contributed by atoms with Gasteiger partial charge < -0.3 is 9.84 Å². The number of methoxy groups -OCH3 is 1. The highest BCUT2D eigenvalue weighted by molar-refractivity contribution is 5.88. The van der Waals surface area contributed by atoms with Gasteiger partial charge in [0.15, 0.2) is 17.3 Å². The fraction of sp³-hybridized carbons (Fsp3) is 0.500. The van der Waals surface area contributed by atoms with E-state index in [1.165, 1.54) is 19.2 Å². The van der Waals surface area contributed by atoms with Crippen molar-refractivity contribution in [3.63, 3.8) is 0 Å². The fourth-order valence-corrected chi connectivity index (χ4v) is 1.83. The van der Waals surface area contributed by atoms with Crippen LogP contribution in [-0.4, -0.2) is 23.6 Å². The van der Waals surface area contributed by atoms with E-state index < -0.39 is 11.4 Å². The molecule has 0 fully saturated rings. The molecule has 0 heterocycles. The van der Waals surface area contributed by atoms with Crippen LogP contribution >= 0.6 is 0 Å². The third kappa shape index (κ3) is 2.88. The molecule has 3 nitrogen and oxygen atoms in total. The predicted octanol–water partition coefficient (Wildman–Crippen LogP) is 2.50. The zero-order valence-electron chi connectivity index (χ0n) is 11.0. The van der Waals surface area contributed by atoms with Gasteiger partial charge in [0.2, 0.25) is 0 Å². The van der Waals surface area contributed by atoms with Gasteiger partial charge in [-0.3, -0.25) is 4.79 Å². The Kier molecular flexibility index (Phi) is 4.84. The molecule has 0 radical (unpaired) electrons. The van der Waals surface area contributed by atoms with Crippen molar-refractivity contribution in [3.8, 4) is 5.75 Å². The Morgan fingerprint density at radius 1 is 1.39 bits per heavy atom. The molecule has 4 heteroatoms. The molecule has 0 aliphatic heterocycles. The normalized spacial score (nSPS) is 11.4. The number of ether oxygens (including phenoxy) is 1. The van der Waals surface area contributed by atoms with Crippen molar-refractivity contribution in [2.75, 3.05) is 7.11 Å². The highest BCUT2D eigenvalue weighted by Crippen LogP contribution is 2.24. The zero-order chi connectivity index (χ0) is 13.8.